The molecule has 10 heteroatoms. The summed E-state index contributed by atoms with van der Waals surface area (Å²) in [7, 11) is 1.60. The van der Waals surface area contributed by atoms with Gasteiger partial charge in [0.25, 0.3) is 0 Å². The summed E-state index contributed by atoms with van der Waals surface area (Å²) in [6, 6.07) is 12.3. The van der Waals surface area contributed by atoms with Crippen LogP contribution in [0.3, 0.4) is 0 Å². The average molecular weight is 432 g/mol. The van der Waals surface area contributed by atoms with E-state index in [1.807, 2.05) is 24.3 Å². The van der Waals surface area contributed by atoms with Crippen molar-refractivity contribution in [3.63, 3.8) is 0 Å². The van der Waals surface area contributed by atoms with Gasteiger partial charge in [0.15, 0.2) is 5.16 Å². The molecule has 1 aromatic heterocycles. The fourth-order valence-electron chi connectivity index (χ4n) is 2.46. The van der Waals surface area contributed by atoms with Crippen LogP contribution in [0.4, 0.5) is 11.4 Å². The summed E-state index contributed by atoms with van der Waals surface area (Å²) in [6.45, 7) is 1.41. The predicted octanol–water partition coefficient (Wildman–Crippen LogP) is 3.62. The Labute approximate surface area is 176 Å². The summed E-state index contributed by atoms with van der Waals surface area (Å²) in [5.74, 6) is 0.430. The number of amides is 2. The maximum atomic E-state index is 12.3. The van der Waals surface area contributed by atoms with Crippen LogP contribution in [0.2, 0.25) is 5.02 Å². The summed E-state index contributed by atoms with van der Waals surface area (Å²) in [4.78, 5) is 23.4. The predicted molar refractivity (Wildman–Crippen MR) is 113 cm³/mol. The van der Waals surface area contributed by atoms with E-state index in [1.165, 1.54) is 18.7 Å². The molecule has 0 radical (unpaired) electrons. The molecule has 0 bridgehead atoms. The second kappa shape index (κ2) is 9.44. The van der Waals surface area contributed by atoms with Crippen molar-refractivity contribution in [3.8, 4) is 11.4 Å². The van der Waals surface area contributed by atoms with Crippen molar-refractivity contribution in [3.05, 3.63) is 53.8 Å². The number of methoxy groups -OCH3 is 1. The zero-order chi connectivity index (χ0) is 20.8. The molecule has 8 nitrogen and oxygen atoms in total. The SMILES string of the molecule is COc1ccc(-n2cnnc2SCC(=O)Nc2ccc(NC(C)=O)cc2Cl)cc1. The van der Waals surface area contributed by atoms with Crippen LogP contribution in [0, 0.1) is 0 Å². The second-order valence-electron chi connectivity index (χ2n) is 5.89. The molecule has 0 aliphatic heterocycles. The fourth-order valence-corrected chi connectivity index (χ4v) is 3.41. The summed E-state index contributed by atoms with van der Waals surface area (Å²) < 4.78 is 6.94. The number of carbonyl (C=O) groups is 2. The van der Waals surface area contributed by atoms with E-state index in [1.54, 1.807) is 36.2 Å². The van der Waals surface area contributed by atoms with Crippen LogP contribution in [0.25, 0.3) is 5.69 Å². The topological polar surface area (TPSA) is 98.1 Å². The van der Waals surface area contributed by atoms with Crippen molar-refractivity contribution in [2.24, 2.45) is 0 Å². The average Bonchev–Trinajstić information content (AvgIpc) is 3.17. The summed E-state index contributed by atoms with van der Waals surface area (Å²) in [6.07, 6.45) is 1.58. The van der Waals surface area contributed by atoms with Gasteiger partial charge >= 0.3 is 0 Å². The van der Waals surface area contributed by atoms with Crippen molar-refractivity contribution in [2.75, 3.05) is 23.5 Å². The molecule has 2 aromatic carbocycles. The number of hydrogen-bond acceptors (Lipinski definition) is 6. The number of aromatic nitrogens is 3. The number of rotatable bonds is 7. The zero-order valence-electron chi connectivity index (χ0n) is 15.7. The van der Waals surface area contributed by atoms with Crippen LogP contribution in [0.1, 0.15) is 6.92 Å². The van der Waals surface area contributed by atoms with E-state index in [4.69, 9.17) is 16.3 Å². The number of benzene rings is 2. The van der Waals surface area contributed by atoms with Crippen LogP contribution in [0.15, 0.2) is 53.9 Å². The number of anilines is 2. The molecule has 0 unspecified atom stereocenters. The molecule has 0 fully saturated rings. The lowest BCUT2D eigenvalue weighted by Crippen LogP contribution is -2.15. The van der Waals surface area contributed by atoms with Gasteiger partial charge in [-0.15, -0.1) is 10.2 Å². The van der Waals surface area contributed by atoms with E-state index in [0.29, 0.717) is 21.6 Å². The number of carbonyl (C=O) groups excluding carboxylic acids is 2. The van der Waals surface area contributed by atoms with Crippen molar-refractivity contribution in [2.45, 2.75) is 12.1 Å². The lowest BCUT2D eigenvalue weighted by molar-refractivity contribution is -0.114. The van der Waals surface area contributed by atoms with E-state index in [2.05, 4.69) is 20.8 Å². The molecule has 0 spiro atoms. The Morgan fingerprint density at radius 1 is 1.17 bits per heavy atom. The van der Waals surface area contributed by atoms with Crippen LogP contribution in [-0.2, 0) is 9.59 Å². The van der Waals surface area contributed by atoms with Crippen LogP contribution >= 0.6 is 23.4 Å². The molecule has 3 rings (SSSR count). The molecular weight excluding hydrogens is 414 g/mol. The highest BCUT2D eigenvalue weighted by atomic mass is 35.5. The van der Waals surface area contributed by atoms with E-state index >= 15 is 0 Å². The number of nitrogens with zero attached hydrogens (tertiary/aromatic N) is 3. The Morgan fingerprint density at radius 2 is 1.93 bits per heavy atom. The van der Waals surface area contributed by atoms with Gasteiger partial charge in [0.2, 0.25) is 11.8 Å². The first-order chi connectivity index (χ1) is 14.0. The maximum Gasteiger partial charge on any atom is 0.234 e. The molecule has 0 saturated heterocycles. The lowest BCUT2D eigenvalue weighted by atomic mass is 10.2. The highest BCUT2D eigenvalue weighted by Gasteiger charge is 2.12. The minimum atomic E-state index is -0.242. The van der Waals surface area contributed by atoms with E-state index < -0.39 is 0 Å². The van der Waals surface area contributed by atoms with E-state index in [0.717, 1.165) is 11.4 Å². The van der Waals surface area contributed by atoms with Gasteiger partial charge in [0.05, 0.1) is 23.6 Å². The van der Waals surface area contributed by atoms with Gasteiger partial charge in [-0.2, -0.15) is 0 Å². The molecule has 1 heterocycles. The number of halogens is 1. The standard InChI is InChI=1S/C19H18ClN5O3S/c1-12(26)22-13-3-8-17(16(20)9-13)23-18(27)10-29-19-24-21-11-25(19)14-4-6-15(28-2)7-5-14/h3-9,11H,10H2,1-2H3,(H,22,26)(H,23,27). The van der Waals surface area contributed by atoms with Gasteiger partial charge < -0.3 is 15.4 Å². The Balaban J connectivity index is 1.62. The zero-order valence-corrected chi connectivity index (χ0v) is 17.3. The normalized spacial score (nSPS) is 10.4. The smallest absolute Gasteiger partial charge is 0.234 e. The maximum absolute atomic E-state index is 12.3. The second-order valence-corrected chi connectivity index (χ2v) is 7.24. The monoisotopic (exact) mass is 431 g/mol. The molecule has 150 valence electrons. The van der Waals surface area contributed by atoms with Crippen LogP contribution < -0.4 is 15.4 Å². The van der Waals surface area contributed by atoms with Crippen molar-refractivity contribution < 1.29 is 14.3 Å². The molecule has 3 aromatic rings. The molecular formula is C19H18ClN5O3S. The van der Waals surface area contributed by atoms with Gasteiger partial charge in [-0.3, -0.25) is 14.2 Å². The minimum absolute atomic E-state index is 0.124. The Hall–Kier alpha value is -3.04. The van der Waals surface area contributed by atoms with Gasteiger partial charge in [0, 0.05) is 18.3 Å². The minimum Gasteiger partial charge on any atom is -0.497 e. The summed E-state index contributed by atoms with van der Waals surface area (Å²) >= 11 is 7.43. The number of ether oxygens (including phenoxy) is 1. The Morgan fingerprint density at radius 3 is 2.59 bits per heavy atom. The van der Waals surface area contributed by atoms with Crippen molar-refractivity contribution in [1.82, 2.24) is 14.8 Å². The molecule has 29 heavy (non-hydrogen) atoms. The summed E-state index contributed by atoms with van der Waals surface area (Å²) in [5.41, 5.74) is 1.88. The number of hydrogen-bond donors (Lipinski definition) is 2. The highest BCUT2D eigenvalue weighted by Crippen LogP contribution is 2.26. The van der Waals surface area contributed by atoms with E-state index in [-0.39, 0.29) is 17.6 Å². The van der Waals surface area contributed by atoms with Crippen LogP contribution in [0.5, 0.6) is 5.75 Å². The Bertz CT molecular complexity index is 1020. The quantitative estimate of drug-likeness (QED) is 0.554. The largest absolute Gasteiger partial charge is 0.497 e. The fraction of sp³-hybridized carbons (Fsp3) is 0.158. The molecule has 0 atom stereocenters. The first-order valence-electron chi connectivity index (χ1n) is 8.50. The highest BCUT2D eigenvalue weighted by molar-refractivity contribution is 7.99. The molecule has 0 aliphatic rings. The third-order valence-corrected chi connectivity index (χ3v) is 5.02. The third-order valence-electron chi connectivity index (χ3n) is 3.76. The first-order valence-corrected chi connectivity index (χ1v) is 9.87. The Kier molecular flexibility index (Phi) is 6.73. The van der Waals surface area contributed by atoms with Crippen molar-refractivity contribution >= 4 is 46.6 Å². The van der Waals surface area contributed by atoms with Gasteiger partial charge in [-0.25, -0.2) is 0 Å². The molecule has 0 aliphatic carbocycles. The van der Waals surface area contributed by atoms with Gasteiger partial charge in [-0.05, 0) is 42.5 Å². The van der Waals surface area contributed by atoms with Crippen molar-refractivity contribution in [1.29, 1.82) is 0 Å². The number of thioether (sulfide) groups is 1. The molecule has 2 N–H and O–H groups in total. The van der Waals surface area contributed by atoms with Gasteiger partial charge in [-0.1, -0.05) is 23.4 Å². The summed E-state index contributed by atoms with van der Waals surface area (Å²) in [5, 5.41) is 14.3. The third kappa shape index (κ3) is 5.49. The number of nitrogens with one attached hydrogen (secondary N) is 2. The van der Waals surface area contributed by atoms with E-state index in [9.17, 15) is 9.59 Å². The molecule has 0 saturated carbocycles. The van der Waals surface area contributed by atoms with Crippen LogP contribution in [-0.4, -0.2) is 39.4 Å². The molecule has 2 amide bonds. The van der Waals surface area contributed by atoms with Gasteiger partial charge in [0.1, 0.15) is 12.1 Å². The lowest BCUT2D eigenvalue weighted by Gasteiger charge is -2.10. The first kappa shape index (κ1) is 20.7.